The minimum Gasteiger partial charge on any atom is -0.480 e. The van der Waals surface area contributed by atoms with Crippen LogP contribution in [0.25, 0.3) is 0 Å². The molecular formula is C13H13NO4S. The fourth-order valence-electron chi connectivity index (χ4n) is 1.96. The summed E-state index contributed by atoms with van der Waals surface area (Å²) in [5.41, 5.74) is 1.06. The molecule has 1 aromatic carbocycles. The van der Waals surface area contributed by atoms with Crippen molar-refractivity contribution in [2.75, 3.05) is 4.90 Å². The van der Waals surface area contributed by atoms with Crippen molar-refractivity contribution in [2.24, 2.45) is 0 Å². The first-order valence-corrected chi connectivity index (χ1v) is 6.65. The minimum atomic E-state index is -1.06. The van der Waals surface area contributed by atoms with Crippen LogP contribution >= 0.6 is 11.8 Å². The number of amides is 1. The molecule has 1 N–H and O–H groups in total. The Morgan fingerprint density at radius 3 is 2.79 bits per heavy atom. The molecule has 1 amide bonds. The van der Waals surface area contributed by atoms with Crippen LogP contribution in [-0.2, 0) is 9.59 Å². The second-order valence-electron chi connectivity index (χ2n) is 4.33. The van der Waals surface area contributed by atoms with Gasteiger partial charge in [-0.1, -0.05) is 0 Å². The number of aliphatic carboxylic acids is 1. The topological polar surface area (TPSA) is 74.7 Å². The van der Waals surface area contributed by atoms with Crippen LogP contribution in [0, 0.1) is 0 Å². The average Bonchev–Trinajstić information content (AvgIpc) is 2.39. The molecule has 2 atom stereocenters. The lowest BCUT2D eigenvalue weighted by atomic mass is 10.1. The van der Waals surface area contributed by atoms with Crippen molar-refractivity contribution in [1.82, 2.24) is 0 Å². The van der Waals surface area contributed by atoms with Gasteiger partial charge in [-0.2, -0.15) is 0 Å². The fraction of sp³-hybridized carbons (Fsp3) is 0.308. The number of benzene rings is 1. The number of carboxylic acid groups (broad SMARTS) is 1. The van der Waals surface area contributed by atoms with Gasteiger partial charge in [0.05, 0.1) is 10.9 Å². The molecule has 1 aliphatic heterocycles. The van der Waals surface area contributed by atoms with Gasteiger partial charge in [-0.25, -0.2) is 4.79 Å². The van der Waals surface area contributed by atoms with Crippen molar-refractivity contribution in [3.63, 3.8) is 0 Å². The maximum Gasteiger partial charge on any atom is 0.326 e. The smallest absolute Gasteiger partial charge is 0.326 e. The van der Waals surface area contributed by atoms with E-state index in [0.717, 1.165) is 11.2 Å². The molecule has 1 heterocycles. The lowest BCUT2D eigenvalue weighted by Gasteiger charge is -2.34. The van der Waals surface area contributed by atoms with Crippen LogP contribution in [0.1, 0.15) is 24.2 Å². The first-order valence-electron chi connectivity index (χ1n) is 5.77. The summed E-state index contributed by atoms with van der Waals surface area (Å²) in [7, 11) is 0. The Hall–Kier alpha value is -1.82. The normalized spacial score (nSPS) is 19.8. The van der Waals surface area contributed by atoms with Crippen LogP contribution in [0.15, 0.2) is 23.1 Å². The van der Waals surface area contributed by atoms with Gasteiger partial charge in [0.15, 0.2) is 0 Å². The largest absolute Gasteiger partial charge is 0.480 e. The number of hydrogen-bond donors (Lipinski definition) is 1. The number of anilines is 1. The first-order chi connectivity index (χ1) is 8.95. The van der Waals surface area contributed by atoms with Crippen LogP contribution in [0.4, 0.5) is 5.69 Å². The summed E-state index contributed by atoms with van der Waals surface area (Å²) in [5.74, 6) is -1.29. The van der Waals surface area contributed by atoms with Crippen molar-refractivity contribution in [1.29, 1.82) is 0 Å². The Morgan fingerprint density at radius 2 is 2.21 bits per heavy atom. The number of carboxylic acids is 1. The number of nitrogens with zero attached hydrogens (tertiary/aromatic N) is 1. The zero-order chi connectivity index (χ0) is 14.2. The maximum absolute atomic E-state index is 12.2. The highest BCUT2D eigenvalue weighted by Gasteiger charge is 2.36. The summed E-state index contributed by atoms with van der Waals surface area (Å²) < 4.78 is 0. The number of hydrogen-bond acceptors (Lipinski definition) is 4. The standard InChI is InChI=1S/C13H13NO4S/c1-7(13(17)18)14-10-4-3-9(6-15)5-11(10)19-8(2)12(14)16/h3-8H,1-2H3,(H,17,18). The monoisotopic (exact) mass is 279 g/mol. The van der Waals surface area contributed by atoms with E-state index in [0.29, 0.717) is 11.3 Å². The van der Waals surface area contributed by atoms with Crippen molar-refractivity contribution in [3.05, 3.63) is 23.8 Å². The Morgan fingerprint density at radius 1 is 1.53 bits per heavy atom. The second kappa shape index (κ2) is 5.05. The molecule has 1 aromatic rings. The van der Waals surface area contributed by atoms with Crippen LogP contribution in [0.2, 0.25) is 0 Å². The van der Waals surface area contributed by atoms with Crippen LogP contribution in [0.3, 0.4) is 0 Å². The van der Waals surface area contributed by atoms with Gasteiger partial charge in [0, 0.05) is 10.5 Å². The van der Waals surface area contributed by atoms with E-state index in [4.69, 9.17) is 5.11 Å². The van der Waals surface area contributed by atoms with E-state index in [9.17, 15) is 14.4 Å². The zero-order valence-corrected chi connectivity index (χ0v) is 11.3. The predicted octanol–water partition coefficient (Wildman–Crippen LogP) is 1.80. The second-order valence-corrected chi connectivity index (χ2v) is 5.71. The number of carbonyl (C=O) groups is 3. The molecule has 2 unspecified atom stereocenters. The number of aldehydes is 1. The van der Waals surface area contributed by atoms with E-state index in [1.54, 1.807) is 25.1 Å². The Kier molecular flexibility index (Phi) is 3.61. The fourth-order valence-corrected chi connectivity index (χ4v) is 3.05. The maximum atomic E-state index is 12.2. The summed E-state index contributed by atoms with van der Waals surface area (Å²) in [6.45, 7) is 3.20. The van der Waals surface area contributed by atoms with Crippen LogP contribution in [0.5, 0.6) is 0 Å². The third-order valence-electron chi connectivity index (χ3n) is 3.01. The third-order valence-corrected chi connectivity index (χ3v) is 4.15. The van der Waals surface area contributed by atoms with Crippen molar-refractivity contribution in [3.8, 4) is 0 Å². The molecule has 5 nitrogen and oxygen atoms in total. The van der Waals surface area contributed by atoms with Gasteiger partial charge >= 0.3 is 5.97 Å². The Balaban J connectivity index is 2.53. The molecule has 1 aliphatic rings. The molecule has 0 saturated heterocycles. The molecular weight excluding hydrogens is 266 g/mol. The van der Waals surface area contributed by atoms with Gasteiger partial charge < -0.3 is 5.11 Å². The van der Waals surface area contributed by atoms with Crippen LogP contribution < -0.4 is 4.90 Å². The molecule has 2 rings (SSSR count). The molecule has 100 valence electrons. The Bertz CT molecular complexity index is 558. The van der Waals surface area contributed by atoms with Gasteiger partial charge in [-0.05, 0) is 32.0 Å². The van der Waals surface area contributed by atoms with Crippen molar-refractivity contribution in [2.45, 2.75) is 30.0 Å². The van der Waals surface area contributed by atoms with Gasteiger partial charge in [0.1, 0.15) is 12.3 Å². The zero-order valence-electron chi connectivity index (χ0n) is 10.5. The van der Waals surface area contributed by atoms with E-state index >= 15 is 0 Å². The summed E-state index contributed by atoms with van der Waals surface area (Å²) >= 11 is 1.34. The van der Waals surface area contributed by atoms with E-state index in [1.165, 1.54) is 23.6 Å². The van der Waals surface area contributed by atoms with Gasteiger partial charge in [0.25, 0.3) is 0 Å². The molecule has 0 aliphatic carbocycles. The summed E-state index contributed by atoms with van der Waals surface area (Å²) in [5, 5.41) is 8.74. The molecule has 0 radical (unpaired) electrons. The molecule has 0 bridgehead atoms. The SMILES string of the molecule is CC1Sc2cc(C=O)ccc2N(C(C)C(=O)O)C1=O. The number of rotatable bonds is 3. The van der Waals surface area contributed by atoms with Gasteiger partial charge in [-0.3, -0.25) is 14.5 Å². The quantitative estimate of drug-likeness (QED) is 0.854. The highest BCUT2D eigenvalue weighted by atomic mass is 32.2. The highest BCUT2D eigenvalue weighted by Crippen LogP contribution is 2.40. The third kappa shape index (κ3) is 2.35. The molecule has 0 saturated carbocycles. The molecule has 0 fully saturated rings. The molecule has 19 heavy (non-hydrogen) atoms. The van der Waals surface area contributed by atoms with E-state index < -0.39 is 12.0 Å². The lowest BCUT2D eigenvalue weighted by Crippen LogP contribution is -2.48. The summed E-state index contributed by atoms with van der Waals surface area (Å²) in [4.78, 5) is 36.1. The molecule has 0 spiro atoms. The Labute approximate surface area is 114 Å². The first kappa shape index (κ1) is 13.6. The van der Waals surface area contributed by atoms with E-state index in [2.05, 4.69) is 0 Å². The molecule has 6 heteroatoms. The van der Waals surface area contributed by atoms with Crippen molar-refractivity contribution < 1.29 is 19.5 Å². The van der Waals surface area contributed by atoms with E-state index in [-0.39, 0.29) is 11.2 Å². The number of thioether (sulfide) groups is 1. The number of fused-ring (bicyclic) bond motifs is 1. The summed E-state index contributed by atoms with van der Waals surface area (Å²) in [6.07, 6.45) is 0.729. The van der Waals surface area contributed by atoms with Gasteiger partial charge in [-0.15, -0.1) is 11.8 Å². The average molecular weight is 279 g/mol. The predicted molar refractivity (Wildman–Crippen MR) is 71.7 cm³/mol. The summed E-state index contributed by atoms with van der Waals surface area (Å²) in [6, 6.07) is 3.95. The number of carbonyl (C=O) groups excluding carboxylic acids is 2. The molecule has 0 aromatic heterocycles. The van der Waals surface area contributed by atoms with Crippen LogP contribution in [-0.4, -0.2) is 34.6 Å². The van der Waals surface area contributed by atoms with E-state index in [1.807, 2.05) is 0 Å². The van der Waals surface area contributed by atoms with Gasteiger partial charge in [0.2, 0.25) is 5.91 Å². The van der Waals surface area contributed by atoms with Crippen molar-refractivity contribution >= 4 is 35.6 Å². The highest BCUT2D eigenvalue weighted by molar-refractivity contribution is 8.01. The lowest BCUT2D eigenvalue weighted by molar-refractivity contribution is -0.139. The minimum absolute atomic E-state index is 0.230.